The van der Waals surface area contributed by atoms with Gasteiger partial charge in [0.1, 0.15) is 0 Å². The molecule has 0 rings (SSSR count). The van der Waals surface area contributed by atoms with E-state index < -0.39 is 10.4 Å². The summed E-state index contributed by atoms with van der Waals surface area (Å²) in [6.07, 6.45) is 0. The van der Waals surface area contributed by atoms with Crippen molar-refractivity contribution in [3.8, 4) is 0 Å². The molecule has 0 bridgehead atoms. The molecule has 0 saturated carbocycles. The van der Waals surface area contributed by atoms with Gasteiger partial charge < -0.3 is 0 Å². The van der Waals surface area contributed by atoms with Crippen LogP contribution in [0.4, 0.5) is 0 Å². The van der Waals surface area contributed by atoms with Gasteiger partial charge >= 0.3 is 10.4 Å². The van der Waals surface area contributed by atoms with Gasteiger partial charge in [-0.25, -0.2) is 0 Å². The van der Waals surface area contributed by atoms with E-state index in [4.69, 9.17) is 17.5 Å². The maximum absolute atomic E-state index is 8.74. The van der Waals surface area contributed by atoms with Crippen LogP contribution in [-0.2, 0) is 27.5 Å². The zero-order chi connectivity index (χ0) is 4.50. The van der Waals surface area contributed by atoms with Gasteiger partial charge in [-0.2, -0.15) is 8.42 Å². The third-order valence-corrected chi connectivity index (χ3v) is 0. The van der Waals surface area contributed by atoms with Gasteiger partial charge in [-0.15, -0.1) is 0 Å². The van der Waals surface area contributed by atoms with Gasteiger partial charge in [0.15, 0.2) is 17.4 Å². The molecule has 0 aromatic rings. The first kappa shape index (κ1) is 15.7. The second-order valence-corrected chi connectivity index (χ2v) is 1.34. The summed E-state index contributed by atoms with van der Waals surface area (Å²) in [5, 5.41) is 0. The fourth-order valence-electron chi connectivity index (χ4n) is 0. The van der Waals surface area contributed by atoms with Crippen molar-refractivity contribution in [3.63, 3.8) is 0 Å². The van der Waals surface area contributed by atoms with Crippen molar-refractivity contribution in [1.29, 1.82) is 0 Å². The van der Waals surface area contributed by atoms with E-state index in [1.165, 1.54) is 0 Å². The molecule has 4 nitrogen and oxygen atoms in total. The molecule has 7 heteroatoms. The quantitative estimate of drug-likeness (QED) is 0.349. The Morgan fingerprint density at radius 2 is 1.14 bits per heavy atom. The van der Waals surface area contributed by atoms with Crippen LogP contribution in [0, 0.1) is 0 Å². The topological polar surface area (TPSA) is 74.6 Å². The Balaban J connectivity index is -0.0000000800. The maximum Gasteiger partial charge on any atom is 0.394 e. The van der Waals surface area contributed by atoms with E-state index in [0.717, 1.165) is 0 Å². The van der Waals surface area contributed by atoms with Crippen LogP contribution in [0.3, 0.4) is 0 Å². The second kappa shape index (κ2) is 5.07. The van der Waals surface area contributed by atoms with Crippen LogP contribution >= 0.6 is 0 Å². The standard InChI is InChI=1S/Al.Cu.H2O4S.3H/c;;1-5(2,3)4;;;/h;;(H2,1,2,3,4);;;. The van der Waals surface area contributed by atoms with E-state index in [9.17, 15) is 0 Å². The molecule has 0 unspecified atom stereocenters. The molecule has 0 saturated heterocycles. The molecule has 0 aromatic heterocycles. The molecule has 0 heterocycles. The molecule has 0 aliphatic carbocycles. The van der Waals surface area contributed by atoms with Crippen molar-refractivity contribution in [3.05, 3.63) is 0 Å². The molecular formula is H5AlCuO4S. The number of hydrogen-bond acceptors (Lipinski definition) is 2. The Morgan fingerprint density at radius 1 is 1.14 bits per heavy atom. The average Bonchev–Trinajstić information content (AvgIpc) is 0.722. The molecule has 0 atom stereocenters. The van der Waals surface area contributed by atoms with Crippen LogP contribution in [-0.4, -0.2) is 34.9 Å². The molecule has 0 fully saturated rings. The summed E-state index contributed by atoms with van der Waals surface area (Å²) in [7, 11) is -4.67. The Morgan fingerprint density at radius 3 is 1.14 bits per heavy atom. The number of rotatable bonds is 0. The third kappa shape index (κ3) is 197. The predicted octanol–water partition coefficient (Wildman–Crippen LogP) is -1.84. The monoisotopic (exact) mass is 191 g/mol. The summed E-state index contributed by atoms with van der Waals surface area (Å²) in [4.78, 5) is 0. The third-order valence-electron chi connectivity index (χ3n) is 0. The smallest absolute Gasteiger partial charge is 0.264 e. The zero-order valence-corrected chi connectivity index (χ0v) is 4.18. The van der Waals surface area contributed by atoms with Gasteiger partial charge in [-0.05, 0) is 0 Å². The van der Waals surface area contributed by atoms with Gasteiger partial charge in [0.05, 0.1) is 0 Å². The van der Waals surface area contributed by atoms with Crippen LogP contribution in [0.5, 0.6) is 0 Å². The minimum Gasteiger partial charge on any atom is -0.264 e. The molecule has 0 amide bonds. The van der Waals surface area contributed by atoms with Gasteiger partial charge in [0.25, 0.3) is 0 Å². The first-order valence-corrected chi connectivity index (χ1v) is 2.10. The maximum atomic E-state index is 8.74. The first-order chi connectivity index (χ1) is 2.00. The van der Waals surface area contributed by atoms with Crippen molar-refractivity contribution in [2.75, 3.05) is 0 Å². The van der Waals surface area contributed by atoms with E-state index in [1.54, 1.807) is 0 Å². The van der Waals surface area contributed by atoms with E-state index in [1.807, 2.05) is 0 Å². The van der Waals surface area contributed by atoms with Crippen LogP contribution < -0.4 is 0 Å². The zero-order valence-electron chi connectivity index (χ0n) is 2.42. The van der Waals surface area contributed by atoms with E-state index in [0.29, 0.717) is 0 Å². The van der Waals surface area contributed by atoms with Crippen LogP contribution in [0.1, 0.15) is 0 Å². The minimum absolute atomic E-state index is 0. The van der Waals surface area contributed by atoms with Crippen LogP contribution in [0.2, 0.25) is 0 Å². The van der Waals surface area contributed by atoms with Gasteiger partial charge in [0.2, 0.25) is 0 Å². The van der Waals surface area contributed by atoms with Crippen molar-refractivity contribution in [2.45, 2.75) is 0 Å². The number of hydrogen-bond donors (Lipinski definition) is 2. The van der Waals surface area contributed by atoms with Crippen LogP contribution in [0.25, 0.3) is 0 Å². The van der Waals surface area contributed by atoms with Crippen molar-refractivity contribution in [2.24, 2.45) is 0 Å². The molecule has 0 aliphatic heterocycles. The summed E-state index contributed by atoms with van der Waals surface area (Å²) >= 11 is 0. The molecule has 0 aromatic carbocycles. The summed E-state index contributed by atoms with van der Waals surface area (Å²) in [5.74, 6) is 0. The van der Waals surface area contributed by atoms with Crippen molar-refractivity contribution < 1.29 is 34.6 Å². The molecular weight excluding hydrogens is 187 g/mol. The fourth-order valence-corrected chi connectivity index (χ4v) is 0. The predicted molar refractivity (Wildman–Crippen MR) is 24.1 cm³/mol. The van der Waals surface area contributed by atoms with E-state index in [2.05, 4.69) is 0 Å². The molecule has 0 aliphatic rings. The first-order valence-electron chi connectivity index (χ1n) is 0.698. The van der Waals surface area contributed by atoms with Gasteiger partial charge in [-0.3, -0.25) is 9.11 Å². The van der Waals surface area contributed by atoms with Gasteiger partial charge in [-0.1, -0.05) is 0 Å². The summed E-state index contributed by atoms with van der Waals surface area (Å²) in [6, 6.07) is 0. The summed E-state index contributed by atoms with van der Waals surface area (Å²) in [6.45, 7) is 0. The Labute approximate surface area is 62.5 Å². The largest absolute Gasteiger partial charge is 0.394 e. The molecule has 0 spiro atoms. The SMILES string of the molecule is O=S(=O)(O)O.[AlH3].[Cu]. The van der Waals surface area contributed by atoms with Crippen LogP contribution in [0.15, 0.2) is 0 Å². The Bertz CT molecular complexity index is 94.9. The van der Waals surface area contributed by atoms with E-state index >= 15 is 0 Å². The molecule has 49 valence electrons. The Kier molecular flexibility index (Phi) is 11.3. The van der Waals surface area contributed by atoms with E-state index in [-0.39, 0.29) is 34.4 Å². The van der Waals surface area contributed by atoms with Crippen molar-refractivity contribution >= 4 is 27.8 Å². The fraction of sp³-hybridized carbons (Fsp3) is 0. The average molecular weight is 192 g/mol. The second-order valence-electron chi connectivity index (χ2n) is 0.448. The Hall–Kier alpha value is 0.922. The summed E-state index contributed by atoms with van der Waals surface area (Å²) in [5.41, 5.74) is 0. The molecule has 7 heavy (non-hydrogen) atoms. The molecule has 1 radical (unpaired) electrons. The van der Waals surface area contributed by atoms with Gasteiger partial charge in [0, 0.05) is 17.1 Å². The summed E-state index contributed by atoms with van der Waals surface area (Å²) < 4.78 is 31.6. The minimum atomic E-state index is -4.67. The van der Waals surface area contributed by atoms with Crippen molar-refractivity contribution in [1.82, 2.24) is 0 Å². The normalized spacial score (nSPS) is 8.29. The molecule has 2 N–H and O–H groups in total.